The average molecular weight is 949 g/mol. The number of carboxylic acids is 2. The topological polar surface area (TPSA) is 139 Å². The Kier molecular flexibility index (Phi) is 41.2. The van der Waals surface area contributed by atoms with E-state index in [9.17, 15) is 30.0 Å². The molecule has 0 aliphatic rings. The third kappa shape index (κ3) is 38.2. The zero-order valence-electron chi connectivity index (χ0n) is 37.3. The first-order valence-electron chi connectivity index (χ1n) is 23.3. The molecular formula is C50H82BaO8. The van der Waals surface area contributed by atoms with Crippen LogP contribution in [0.1, 0.15) is 205 Å². The van der Waals surface area contributed by atoms with Crippen LogP contribution in [0.25, 0.3) is 0 Å². The Balaban J connectivity index is 0.00000112. The molecule has 0 amide bonds. The molecule has 0 bridgehead atoms. The monoisotopic (exact) mass is 949 g/mol. The Morgan fingerprint density at radius 3 is 1.05 bits per heavy atom. The molecule has 4 atom stereocenters. The van der Waals surface area contributed by atoms with E-state index >= 15 is 0 Å². The van der Waals surface area contributed by atoms with Gasteiger partial charge in [-0.1, -0.05) is 190 Å². The molecule has 0 spiro atoms. The number of ether oxygens (including phenoxy) is 2. The van der Waals surface area contributed by atoms with E-state index in [-0.39, 0.29) is 61.7 Å². The summed E-state index contributed by atoms with van der Waals surface area (Å²) < 4.78 is 12.4. The Labute approximate surface area is 400 Å². The van der Waals surface area contributed by atoms with E-state index in [0.717, 1.165) is 51.4 Å². The van der Waals surface area contributed by atoms with Gasteiger partial charge in [0.05, 0.1) is 37.6 Å². The number of hydrogen-bond acceptors (Lipinski definition) is 8. The number of carboxylic acid groups (broad SMARTS) is 2. The maximum atomic E-state index is 10.4. The average Bonchev–Trinajstić information content (AvgIpc) is 3.22. The number of rotatable bonds is 38. The van der Waals surface area contributed by atoms with Crippen molar-refractivity contribution in [2.45, 2.75) is 231 Å². The summed E-state index contributed by atoms with van der Waals surface area (Å²) in [5.74, 6) is -2.16. The van der Waals surface area contributed by atoms with E-state index in [4.69, 9.17) is 9.47 Å². The van der Waals surface area contributed by atoms with Gasteiger partial charge in [-0.2, -0.15) is 0 Å². The smallest absolute Gasteiger partial charge is 0.550 e. The van der Waals surface area contributed by atoms with E-state index in [1.54, 1.807) is 0 Å². The maximum Gasteiger partial charge on any atom is 2.00 e. The summed E-state index contributed by atoms with van der Waals surface area (Å²) >= 11 is 0. The third-order valence-corrected chi connectivity index (χ3v) is 10.9. The molecule has 9 heteroatoms. The summed E-state index contributed by atoms with van der Waals surface area (Å²) in [4.78, 5) is 20.8. The van der Waals surface area contributed by atoms with Gasteiger partial charge in [-0.3, -0.25) is 0 Å². The van der Waals surface area contributed by atoms with Gasteiger partial charge in [0.25, 0.3) is 0 Å². The molecule has 0 fully saturated rings. The molecule has 0 aliphatic heterocycles. The number of carbonyl (C=O) groups is 2. The number of aliphatic hydroxyl groups excluding tert-OH is 2. The Morgan fingerprint density at radius 2 is 0.746 bits per heavy atom. The van der Waals surface area contributed by atoms with Gasteiger partial charge in [-0.15, -0.1) is 0 Å². The van der Waals surface area contributed by atoms with Crippen molar-refractivity contribution in [2.75, 3.05) is 0 Å². The Morgan fingerprint density at radius 1 is 0.458 bits per heavy atom. The van der Waals surface area contributed by atoms with Gasteiger partial charge in [0.1, 0.15) is 0 Å². The van der Waals surface area contributed by atoms with E-state index in [1.807, 2.05) is 12.1 Å². The first-order chi connectivity index (χ1) is 28.2. The molecule has 2 aromatic rings. The zero-order valence-corrected chi connectivity index (χ0v) is 41.8. The van der Waals surface area contributed by atoms with Crippen molar-refractivity contribution in [3.8, 4) is 0 Å². The summed E-state index contributed by atoms with van der Waals surface area (Å²) in [5, 5.41) is 40.2. The zero-order chi connectivity index (χ0) is 42.3. The predicted octanol–water partition coefficient (Wildman–Crippen LogP) is 9.95. The first kappa shape index (κ1) is 57.8. The van der Waals surface area contributed by atoms with E-state index in [2.05, 4.69) is 62.4 Å². The molecule has 0 aromatic heterocycles. The molecular weight excluding hydrogens is 866 g/mol. The van der Waals surface area contributed by atoms with Crippen LogP contribution in [0.3, 0.4) is 0 Å². The third-order valence-electron chi connectivity index (χ3n) is 10.9. The van der Waals surface area contributed by atoms with E-state index in [1.165, 1.54) is 101 Å². The van der Waals surface area contributed by atoms with E-state index < -0.39 is 24.1 Å². The van der Waals surface area contributed by atoms with Crippen LogP contribution >= 0.6 is 0 Å². The molecule has 0 radical (unpaired) electrons. The molecule has 0 saturated carbocycles. The van der Waals surface area contributed by atoms with Crippen LogP contribution in [0.2, 0.25) is 0 Å². The number of aliphatic carboxylic acids is 2. The maximum absolute atomic E-state index is 10.4. The van der Waals surface area contributed by atoms with Crippen molar-refractivity contribution < 1.29 is 39.5 Å². The summed E-state index contributed by atoms with van der Waals surface area (Å²) in [5.41, 5.74) is 2.49. The minimum atomic E-state index is -1.08. The second-order valence-electron chi connectivity index (χ2n) is 16.4. The molecule has 8 nitrogen and oxygen atoms in total. The minimum Gasteiger partial charge on any atom is -0.550 e. The predicted molar refractivity (Wildman–Crippen MR) is 238 cm³/mol. The fourth-order valence-electron chi connectivity index (χ4n) is 7.22. The molecule has 332 valence electrons. The molecule has 2 rings (SSSR count). The number of hydrogen-bond donors (Lipinski definition) is 2. The normalized spacial score (nSPS) is 13.1. The molecule has 4 unspecified atom stereocenters. The van der Waals surface area contributed by atoms with Crippen molar-refractivity contribution in [2.24, 2.45) is 0 Å². The number of carbonyl (C=O) groups excluding carboxylic acids is 2. The number of unbranched alkanes of at least 4 members (excludes halogenated alkanes) is 14. The van der Waals surface area contributed by atoms with Crippen LogP contribution in [-0.2, 0) is 32.3 Å². The van der Waals surface area contributed by atoms with Gasteiger partial charge in [-0.25, -0.2) is 0 Å². The first-order valence-corrected chi connectivity index (χ1v) is 23.3. The van der Waals surface area contributed by atoms with Crippen molar-refractivity contribution >= 4 is 60.8 Å². The van der Waals surface area contributed by atoms with Crippen LogP contribution < -0.4 is 10.2 Å². The van der Waals surface area contributed by atoms with Gasteiger partial charge in [-0.05, 0) is 75.3 Å². The van der Waals surface area contributed by atoms with Crippen LogP contribution in [0.4, 0.5) is 0 Å². The molecule has 0 aliphatic carbocycles. The van der Waals surface area contributed by atoms with Crippen LogP contribution in [0.5, 0.6) is 0 Å². The Bertz CT molecular complexity index is 1110. The van der Waals surface area contributed by atoms with E-state index in [0.29, 0.717) is 51.1 Å². The summed E-state index contributed by atoms with van der Waals surface area (Å²) in [7, 11) is 0. The van der Waals surface area contributed by atoms with Gasteiger partial charge in [0.15, 0.2) is 0 Å². The SMILES string of the molecule is CCCCCC(CCCCCCCCC(O)CCC(=O)[O-])OCc1ccccc1.CCCCCC(CCCCCCCCC(O)CCC(=O)[O-])OCc1ccccc1.[Ba+2]. The summed E-state index contributed by atoms with van der Waals surface area (Å²) in [6.45, 7) is 5.89. The molecule has 0 heterocycles. The Hall–Kier alpha value is -1.21. The quantitative estimate of drug-likeness (QED) is 0.0501. The standard InChI is InChI=1S/2C25H42O4.Ba/c2*1-2-3-9-17-24(29-21-22-14-10-8-11-15-22)18-13-7-5-4-6-12-16-23(26)19-20-25(27)28;/h2*8,10-11,14-15,23-24,26H,2-7,9,12-13,16-21H2,1H3,(H,27,28);/q;;+2/p-2. The number of aliphatic hydroxyl groups is 2. The summed E-state index contributed by atoms with van der Waals surface area (Å²) in [6, 6.07) is 20.8. The van der Waals surface area contributed by atoms with Gasteiger partial charge >= 0.3 is 48.9 Å². The van der Waals surface area contributed by atoms with Crippen molar-refractivity contribution in [3.63, 3.8) is 0 Å². The fraction of sp³-hybridized carbons (Fsp3) is 0.720. The summed E-state index contributed by atoms with van der Waals surface area (Å²) in [6.07, 6.45) is 27.6. The van der Waals surface area contributed by atoms with Crippen LogP contribution in [-0.4, -0.2) is 95.4 Å². The number of benzene rings is 2. The molecule has 2 aromatic carbocycles. The van der Waals surface area contributed by atoms with Gasteiger partial charge in [0.2, 0.25) is 0 Å². The van der Waals surface area contributed by atoms with Crippen LogP contribution in [0.15, 0.2) is 60.7 Å². The van der Waals surface area contributed by atoms with Crippen molar-refractivity contribution in [1.82, 2.24) is 0 Å². The van der Waals surface area contributed by atoms with Crippen LogP contribution in [0, 0.1) is 0 Å². The minimum absolute atomic E-state index is 0. The largest absolute Gasteiger partial charge is 2.00 e. The van der Waals surface area contributed by atoms with Crippen molar-refractivity contribution in [1.29, 1.82) is 0 Å². The van der Waals surface area contributed by atoms with Gasteiger partial charge < -0.3 is 39.5 Å². The van der Waals surface area contributed by atoms with Gasteiger partial charge in [0, 0.05) is 11.9 Å². The van der Waals surface area contributed by atoms with Crippen molar-refractivity contribution in [3.05, 3.63) is 71.8 Å². The molecule has 59 heavy (non-hydrogen) atoms. The fourth-order valence-corrected chi connectivity index (χ4v) is 7.22. The molecule has 2 N–H and O–H groups in total. The second-order valence-corrected chi connectivity index (χ2v) is 16.4. The molecule has 0 saturated heterocycles. The second kappa shape index (κ2) is 42.1.